The lowest BCUT2D eigenvalue weighted by atomic mass is 9.91. The maximum Gasteiger partial charge on any atom is 0.227 e. The molecule has 0 aromatic heterocycles. The Balaban J connectivity index is 1.94. The number of amides is 1. The average molecular weight is 196 g/mol. The predicted octanol–water partition coefficient (Wildman–Crippen LogP) is 0.997. The van der Waals surface area contributed by atoms with Crippen LogP contribution in [0.15, 0.2) is 0 Å². The molecule has 14 heavy (non-hydrogen) atoms. The van der Waals surface area contributed by atoms with Crippen LogP contribution in [0, 0.1) is 5.92 Å². The Morgan fingerprint density at radius 1 is 1.29 bits per heavy atom. The molecular formula is C11H20N2O. The van der Waals surface area contributed by atoms with Crippen molar-refractivity contribution in [3.63, 3.8) is 0 Å². The lowest BCUT2D eigenvalue weighted by Gasteiger charge is -2.31. The van der Waals surface area contributed by atoms with Crippen molar-refractivity contribution in [2.24, 2.45) is 5.92 Å². The van der Waals surface area contributed by atoms with E-state index < -0.39 is 0 Å². The van der Waals surface area contributed by atoms with Crippen LogP contribution >= 0.6 is 0 Å². The summed E-state index contributed by atoms with van der Waals surface area (Å²) in [6.07, 6.45) is 4.61. The van der Waals surface area contributed by atoms with Crippen molar-refractivity contribution >= 4 is 5.91 Å². The van der Waals surface area contributed by atoms with E-state index in [0.29, 0.717) is 11.9 Å². The standard InChI is InChI=1S/C11H20N2O/c1-9-10(5-4-6-12-9)11(14)13-7-2-3-8-13/h9-10,12H,2-8H2,1H3/t9-,10-/m1/s1. The van der Waals surface area contributed by atoms with E-state index in [9.17, 15) is 4.79 Å². The van der Waals surface area contributed by atoms with Gasteiger partial charge in [-0.3, -0.25) is 4.79 Å². The zero-order valence-corrected chi connectivity index (χ0v) is 8.96. The van der Waals surface area contributed by atoms with E-state index in [1.165, 1.54) is 12.8 Å². The first-order valence-electron chi connectivity index (χ1n) is 5.81. The first-order valence-corrected chi connectivity index (χ1v) is 5.81. The van der Waals surface area contributed by atoms with Gasteiger partial charge in [-0.05, 0) is 39.2 Å². The van der Waals surface area contributed by atoms with Crippen LogP contribution in [0.5, 0.6) is 0 Å². The Kier molecular flexibility index (Phi) is 3.06. The number of carbonyl (C=O) groups is 1. The summed E-state index contributed by atoms with van der Waals surface area (Å²) in [6, 6.07) is 0.372. The molecule has 2 heterocycles. The number of hydrogen-bond acceptors (Lipinski definition) is 2. The van der Waals surface area contributed by atoms with Crippen molar-refractivity contribution in [3.8, 4) is 0 Å². The molecule has 3 heteroatoms. The van der Waals surface area contributed by atoms with E-state index in [-0.39, 0.29) is 5.92 Å². The largest absolute Gasteiger partial charge is 0.342 e. The molecule has 0 aromatic rings. The first-order chi connectivity index (χ1) is 6.79. The summed E-state index contributed by atoms with van der Waals surface area (Å²) in [5.41, 5.74) is 0. The van der Waals surface area contributed by atoms with Gasteiger partial charge in [-0.1, -0.05) is 0 Å². The highest BCUT2D eigenvalue weighted by molar-refractivity contribution is 5.79. The molecule has 2 fully saturated rings. The molecule has 2 aliphatic rings. The first kappa shape index (κ1) is 9.97. The number of likely N-dealkylation sites (tertiary alicyclic amines) is 1. The molecule has 0 spiro atoms. The van der Waals surface area contributed by atoms with Crippen LogP contribution in [0.4, 0.5) is 0 Å². The molecule has 0 saturated carbocycles. The molecular weight excluding hydrogens is 176 g/mol. The molecule has 0 bridgehead atoms. The molecule has 2 saturated heterocycles. The highest BCUT2D eigenvalue weighted by Crippen LogP contribution is 2.21. The fraction of sp³-hybridized carbons (Fsp3) is 0.909. The van der Waals surface area contributed by atoms with Crippen LogP contribution in [-0.2, 0) is 4.79 Å². The number of nitrogens with one attached hydrogen (secondary N) is 1. The van der Waals surface area contributed by atoms with Gasteiger partial charge in [0, 0.05) is 19.1 Å². The van der Waals surface area contributed by atoms with Gasteiger partial charge in [-0.2, -0.15) is 0 Å². The monoisotopic (exact) mass is 196 g/mol. The highest BCUT2D eigenvalue weighted by atomic mass is 16.2. The Hall–Kier alpha value is -0.570. The summed E-state index contributed by atoms with van der Waals surface area (Å²) in [4.78, 5) is 14.1. The van der Waals surface area contributed by atoms with Gasteiger partial charge < -0.3 is 10.2 Å². The topological polar surface area (TPSA) is 32.3 Å². The summed E-state index contributed by atoms with van der Waals surface area (Å²) in [7, 11) is 0. The van der Waals surface area contributed by atoms with E-state index in [4.69, 9.17) is 0 Å². The number of nitrogens with zero attached hydrogens (tertiary/aromatic N) is 1. The van der Waals surface area contributed by atoms with Crippen LogP contribution in [0.2, 0.25) is 0 Å². The van der Waals surface area contributed by atoms with Crippen LogP contribution in [0.1, 0.15) is 32.6 Å². The Morgan fingerprint density at radius 3 is 2.64 bits per heavy atom. The summed E-state index contributed by atoms with van der Waals surface area (Å²) in [5.74, 6) is 0.629. The third-order valence-electron chi connectivity index (χ3n) is 3.50. The summed E-state index contributed by atoms with van der Waals surface area (Å²) < 4.78 is 0. The number of hydrogen-bond donors (Lipinski definition) is 1. The molecule has 80 valence electrons. The molecule has 1 N–H and O–H groups in total. The maximum absolute atomic E-state index is 12.1. The SMILES string of the molecule is C[C@H]1NCCC[C@H]1C(=O)N1CCCC1. The molecule has 0 unspecified atom stereocenters. The third-order valence-corrected chi connectivity index (χ3v) is 3.50. The van der Waals surface area contributed by atoms with E-state index in [2.05, 4.69) is 12.2 Å². The molecule has 0 radical (unpaired) electrons. The number of piperidine rings is 1. The second-order valence-electron chi connectivity index (χ2n) is 4.52. The van der Waals surface area contributed by atoms with Crippen LogP contribution < -0.4 is 5.32 Å². The van der Waals surface area contributed by atoms with Gasteiger partial charge in [0.25, 0.3) is 0 Å². The second-order valence-corrected chi connectivity index (χ2v) is 4.52. The normalized spacial score (nSPS) is 33.4. The zero-order chi connectivity index (χ0) is 9.97. The van der Waals surface area contributed by atoms with Gasteiger partial charge in [0.1, 0.15) is 0 Å². The maximum atomic E-state index is 12.1. The Bertz CT molecular complexity index is 211. The van der Waals surface area contributed by atoms with Crippen molar-refractivity contribution in [2.45, 2.75) is 38.6 Å². The Labute approximate surface area is 85.8 Å². The van der Waals surface area contributed by atoms with Crippen LogP contribution in [-0.4, -0.2) is 36.5 Å². The molecule has 0 aliphatic carbocycles. The lowest BCUT2D eigenvalue weighted by Crippen LogP contribution is -2.47. The fourth-order valence-corrected chi connectivity index (χ4v) is 2.55. The second kappa shape index (κ2) is 4.30. The predicted molar refractivity (Wildman–Crippen MR) is 56.0 cm³/mol. The Morgan fingerprint density at radius 2 is 2.00 bits per heavy atom. The van der Waals surface area contributed by atoms with E-state index >= 15 is 0 Å². The minimum absolute atomic E-state index is 0.238. The van der Waals surface area contributed by atoms with Gasteiger partial charge in [-0.15, -0.1) is 0 Å². The van der Waals surface area contributed by atoms with Crippen molar-refractivity contribution in [3.05, 3.63) is 0 Å². The summed E-state index contributed by atoms with van der Waals surface area (Å²) in [6.45, 7) is 5.19. The summed E-state index contributed by atoms with van der Waals surface area (Å²) in [5, 5.41) is 3.39. The van der Waals surface area contributed by atoms with Crippen molar-refractivity contribution in [1.29, 1.82) is 0 Å². The fourth-order valence-electron chi connectivity index (χ4n) is 2.55. The molecule has 2 rings (SSSR count). The summed E-state index contributed by atoms with van der Waals surface area (Å²) >= 11 is 0. The van der Waals surface area contributed by atoms with Gasteiger partial charge in [0.2, 0.25) is 5.91 Å². The number of rotatable bonds is 1. The average Bonchev–Trinajstić information content (AvgIpc) is 2.70. The lowest BCUT2D eigenvalue weighted by molar-refractivity contribution is -0.136. The molecule has 2 aliphatic heterocycles. The van der Waals surface area contributed by atoms with E-state index in [0.717, 1.165) is 32.5 Å². The minimum atomic E-state index is 0.238. The third kappa shape index (κ3) is 1.92. The van der Waals surface area contributed by atoms with Crippen molar-refractivity contribution < 1.29 is 4.79 Å². The molecule has 3 nitrogen and oxygen atoms in total. The van der Waals surface area contributed by atoms with E-state index in [1.54, 1.807) is 0 Å². The molecule has 2 atom stereocenters. The van der Waals surface area contributed by atoms with Crippen LogP contribution in [0.25, 0.3) is 0 Å². The zero-order valence-electron chi connectivity index (χ0n) is 8.96. The quantitative estimate of drug-likeness (QED) is 0.678. The van der Waals surface area contributed by atoms with Gasteiger partial charge in [0.15, 0.2) is 0 Å². The van der Waals surface area contributed by atoms with Gasteiger partial charge in [-0.25, -0.2) is 0 Å². The minimum Gasteiger partial charge on any atom is -0.342 e. The van der Waals surface area contributed by atoms with Crippen molar-refractivity contribution in [2.75, 3.05) is 19.6 Å². The smallest absolute Gasteiger partial charge is 0.227 e. The highest BCUT2D eigenvalue weighted by Gasteiger charge is 2.31. The van der Waals surface area contributed by atoms with Gasteiger partial charge in [0.05, 0.1) is 5.92 Å². The van der Waals surface area contributed by atoms with Crippen LogP contribution in [0.3, 0.4) is 0 Å². The number of carbonyl (C=O) groups excluding carboxylic acids is 1. The van der Waals surface area contributed by atoms with Gasteiger partial charge >= 0.3 is 0 Å². The molecule has 0 aromatic carbocycles. The van der Waals surface area contributed by atoms with Crippen molar-refractivity contribution in [1.82, 2.24) is 10.2 Å². The van der Waals surface area contributed by atoms with E-state index in [1.807, 2.05) is 4.90 Å². The molecule has 1 amide bonds.